The van der Waals surface area contributed by atoms with E-state index in [-0.39, 0.29) is 18.1 Å². The molecule has 2 aliphatic heterocycles. The van der Waals surface area contributed by atoms with Gasteiger partial charge in [-0.15, -0.1) is 0 Å². The molecule has 0 radical (unpaired) electrons. The van der Waals surface area contributed by atoms with E-state index in [0.717, 1.165) is 0 Å². The molecular weight excluding hydrogens is 460 g/mol. The van der Waals surface area contributed by atoms with Crippen molar-refractivity contribution in [3.05, 3.63) is 34.4 Å². The van der Waals surface area contributed by atoms with Gasteiger partial charge in [-0.3, -0.25) is 9.36 Å². The van der Waals surface area contributed by atoms with Crippen LogP contribution in [0.25, 0.3) is 0 Å². The average molecular weight is 497 g/mol. The molecule has 1 aromatic heterocycles. The Balaban J connectivity index is 1.67. The first-order valence-electron chi connectivity index (χ1n) is 11.6. The topological polar surface area (TPSA) is 156 Å². The van der Waals surface area contributed by atoms with E-state index in [1.165, 1.54) is 16.8 Å². The first kappa shape index (κ1) is 27.4. The number of anilines is 1. The highest BCUT2D eigenvalue weighted by Crippen LogP contribution is 2.32. The van der Waals surface area contributed by atoms with Crippen LogP contribution in [0.15, 0.2) is 28.7 Å². The van der Waals surface area contributed by atoms with Crippen LogP contribution in [0.3, 0.4) is 0 Å². The summed E-state index contributed by atoms with van der Waals surface area (Å²) in [6.45, 7) is 6.82. The second-order valence-corrected chi connectivity index (χ2v) is 9.27. The fraction of sp³-hybridized carbons (Fsp3) is 0.696. The van der Waals surface area contributed by atoms with Crippen molar-refractivity contribution in [2.24, 2.45) is 0 Å². The maximum Gasteiger partial charge on any atom is 0.351 e. The van der Waals surface area contributed by atoms with E-state index in [1.807, 2.05) is 0 Å². The maximum atomic E-state index is 12.6. The summed E-state index contributed by atoms with van der Waals surface area (Å²) in [5.74, 6) is -0.256. The van der Waals surface area contributed by atoms with E-state index in [4.69, 9.17) is 14.2 Å². The second kappa shape index (κ2) is 11.2. The monoisotopic (exact) mass is 496 g/mol. The van der Waals surface area contributed by atoms with Crippen LogP contribution in [0.4, 0.5) is 5.82 Å². The fourth-order valence-corrected chi connectivity index (χ4v) is 4.47. The van der Waals surface area contributed by atoms with Crippen molar-refractivity contribution in [2.45, 2.75) is 89.3 Å². The number of rotatable bonds is 6. The van der Waals surface area contributed by atoms with Crippen LogP contribution in [0.2, 0.25) is 0 Å². The number of hydrogen-bond acceptors (Lipinski definition) is 10. The molecule has 0 unspecified atom stereocenters. The molecule has 9 atom stereocenters. The van der Waals surface area contributed by atoms with E-state index in [9.17, 15) is 24.9 Å². The molecule has 0 spiro atoms. The van der Waals surface area contributed by atoms with Crippen LogP contribution in [0.5, 0.6) is 0 Å². The van der Waals surface area contributed by atoms with Gasteiger partial charge in [0.25, 0.3) is 5.91 Å². The Hall–Kier alpha value is -2.19. The van der Waals surface area contributed by atoms with Crippen LogP contribution < -0.4 is 11.0 Å². The number of likely N-dealkylation sites (N-methyl/N-ethyl adjacent to an activating group) is 1. The highest BCUT2D eigenvalue weighted by atomic mass is 16.7. The summed E-state index contributed by atoms with van der Waals surface area (Å²) in [6.07, 6.45) is -4.34. The lowest BCUT2D eigenvalue weighted by molar-refractivity contribution is -0.322. The van der Waals surface area contributed by atoms with Crippen LogP contribution >= 0.6 is 0 Å². The van der Waals surface area contributed by atoms with Crippen LogP contribution in [-0.4, -0.2) is 98.7 Å². The lowest BCUT2D eigenvalue weighted by atomic mass is 9.95. The normalized spacial score (nSPS) is 36.3. The molecule has 3 heterocycles. The van der Waals surface area contributed by atoms with Crippen LogP contribution in [0, 0.1) is 0 Å². The van der Waals surface area contributed by atoms with Crippen molar-refractivity contribution < 1.29 is 34.3 Å². The van der Waals surface area contributed by atoms with Gasteiger partial charge in [-0.2, -0.15) is 4.98 Å². The highest BCUT2D eigenvalue weighted by molar-refractivity contribution is 6.02. The SMILES string of the molecule is CC=C(C)C(=O)Nc1ccn([C@H]2C[C@H](O)[C@H](O[C@@H]3O[C@H](C)[C@@H](N(C)C)[C@H](O)[C@H]3O)[C@H](C)O2)c(=O)n1. The van der Waals surface area contributed by atoms with Gasteiger partial charge in [-0.05, 0) is 47.9 Å². The molecule has 2 fully saturated rings. The van der Waals surface area contributed by atoms with Gasteiger partial charge in [-0.1, -0.05) is 6.08 Å². The Kier molecular flexibility index (Phi) is 8.81. The number of nitrogens with one attached hydrogen (secondary N) is 1. The quantitative estimate of drug-likeness (QED) is 0.382. The zero-order valence-electron chi connectivity index (χ0n) is 20.9. The van der Waals surface area contributed by atoms with Gasteiger partial charge in [0.2, 0.25) is 0 Å². The molecule has 1 amide bonds. The minimum atomic E-state index is -1.32. The van der Waals surface area contributed by atoms with E-state index in [1.54, 1.807) is 52.8 Å². The van der Waals surface area contributed by atoms with Crippen molar-refractivity contribution >= 4 is 11.7 Å². The van der Waals surface area contributed by atoms with Crippen molar-refractivity contribution in [1.82, 2.24) is 14.5 Å². The third-order valence-electron chi connectivity index (χ3n) is 6.53. The Bertz CT molecular complexity index is 971. The van der Waals surface area contributed by atoms with E-state index >= 15 is 0 Å². The summed E-state index contributed by atoms with van der Waals surface area (Å²) >= 11 is 0. The molecule has 12 heteroatoms. The summed E-state index contributed by atoms with van der Waals surface area (Å²) in [5.41, 5.74) is -0.164. The smallest absolute Gasteiger partial charge is 0.351 e. The van der Waals surface area contributed by atoms with Gasteiger partial charge in [0.15, 0.2) is 6.29 Å². The fourth-order valence-electron chi connectivity index (χ4n) is 4.47. The lowest BCUT2D eigenvalue weighted by Crippen LogP contribution is -2.63. The van der Waals surface area contributed by atoms with Gasteiger partial charge < -0.3 is 39.7 Å². The standard InChI is InChI=1S/C23H36N4O8/c1-7-11(2)21(31)24-15-8-9-27(23(32)25-15)16-10-14(28)20(13(4)33-16)35-22-19(30)18(29)17(26(5)6)12(3)34-22/h7-9,12-14,16-20,22,28-30H,10H2,1-6H3,(H,24,25,31,32)/t12-,13+,14+,16-,17-,18+,19-,20-,22+/m1/s1. The molecule has 0 aromatic carbocycles. The van der Waals surface area contributed by atoms with Crippen LogP contribution in [-0.2, 0) is 19.0 Å². The van der Waals surface area contributed by atoms with E-state index < -0.39 is 60.9 Å². The Morgan fingerprint density at radius 2 is 1.91 bits per heavy atom. The van der Waals surface area contributed by atoms with Crippen molar-refractivity contribution in [1.29, 1.82) is 0 Å². The number of carbonyl (C=O) groups excluding carboxylic acids is 1. The van der Waals surface area contributed by atoms with Gasteiger partial charge in [-0.25, -0.2) is 4.79 Å². The maximum absolute atomic E-state index is 12.6. The third-order valence-corrected chi connectivity index (χ3v) is 6.53. The predicted octanol–water partition coefficient (Wildman–Crippen LogP) is -0.402. The number of ether oxygens (including phenoxy) is 3. The number of hydrogen-bond donors (Lipinski definition) is 4. The van der Waals surface area contributed by atoms with Gasteiger partial charge >= 0.3 is 5.69 Å². The first-order valence-corrected chi connectivity index (χ1v) is 11.6. The molecule has 3 rings (SSSR count). The molecule has 35 heavy (non-hydrogen) atoms. The zero-order valence-corrected chi connectivity index (χ0v) is 20.9. The number of allylic oxidation sites excluding steroid dienone is 1. The summed E-state index contributed by atoms with van der Waals surface area (Å²) in [4.78, 5) is 30.2. The van der Waals surface area contributed by atoms with Gasteiger partial charge in [0, 0.05) is 18.2 Å². The number of aromatic nitrogens is 2. The number of carbonyl (C=O) groups is 1. The largest absolute Gasteiger partial charge is 0.390 e. The highest BCUT2D eigenvalue weighted by Gasteiger charge is 2.47. The van der Waals surface area contributed by atoms with Gasteiger partial charge in [0.05, 0.1) is 24.4 Å². The molecule has 0 aliphatic carbocycles. The average Bonchev–Trinajstić information content (AvgIpc) is 2.78. The van der Waals surface area contributed by atoms with Crippen molar-refractivity contribution in [3.63, 3.8) is 0 Å². The molecule has 0 bridgehead atoms. The van der Waals surface area contributed by atoms with E-state index in [2.05, 4.69) is 10.3 Å². The minimum absolute atomic E-state index is 0.0151. The van der Waals surface area contributed by atoms with Crippen molar-refractivity contribution in [3.8, 4) is 0 Å². The van der Waals surface area contributed by atoms with Crippen LogP contribution in [0.1, 0.15) is 40.3 Å². The number of nitrogens with zero attached hydrogens (tertiary/aromatic N) is 3. The summed E-state index contributed by atoms with van der Waals surface area (Å²) in [6, 6.07) is 1.05. The summed E-state index contributed by atoms with van der Waals surface area (Å²) < 4.78 is 18.8. The van der Waals surface area contributed by atoms with Crippen molar-refractivity contribution in [2.75, 3.05) is 19.4 Å². The summed E-state index contributed by atoms with van der Waals surface area (Å²) in [7, 11) is 3.56. The second-order valence-electron chi connectivity index (χ2n) is 9.27. The Morgan fingerprint density at radius 3 is 2.49 bits per heavy atom. The molecule has 196 valence electrons. The molecule has 2 saturated heterocycles. The third kappa shape index (κ3) is 5.97. The predicted molar refractivity (Wildman–Crippen MR) is 125 cm³/mol. The van der Waals surface area contributed by atoms with E-state index in [0.29, 0.717) is 5.57 Å². The molecule has 2 aliphatic rings. The molecule has 12 nitrogen and oxygen atoms in total. The Labute approximate surface area is 204 Å². The first-order chi connectivity index (χ1) is 16.4. The summed E-state index contributed by atoms with van der Waals surface area (Å²) in [5, 5.41) is 34.4. The minimum Gasteiger partial charge on any atom is -0.390 e. The molecule has 4 N–H and O–H groups in total. The van der Waals surface area contributed by atoms with Gasteiger partial charge in [0.1, 0.15) is 30.4 Å². The Morgan fingerprint density at radius 1 is 1.23 bits per heavy atom. The lowest BCUT2D eigenvalue weighted by Gasteiger charge is -2.46. The molecule has 1 aromatic rings. The number of amides is 1. The number of aliphatic hydroxyl groups is 3. The molecule has 0 saturated carbocycles. The number of aliphatic hydroxyl groups excluding tert-OH is 3. The zero-order chi connectivity index (χ0) is 26.0. The molecular formula is C23H36N4O8.